The van der Waals surface area contributed by atoms with Crippen LogP contribution < -0.4 is 10.6 Å². The molecule has 2 saturated heterocycles. The van der Waals surface area contributed by atoms with Gasteiger partial charge in [0.05, 0.1) is 12.6 Å². The van der Waals surface area contributed by atoms with Gasteiger partial charge in [-0.15, -0.1) is 24.0 Å². The van der Waals surface area contributed by atoms with Crippen molar-refractivity contribution in [1.29, 1.82) is 0 Å². The molecule has 2 heterocycles. The number of amides is 1. The number of guanidine groups is 1. The van der Waals surface area contributed by atoms with E-state index in [4.69, 9.17) is 9.73 Å². The molecule has 0 bridgehead atoms. The Balaban J connectivity index is 0.00000363. The number of nitrogens with zero attached hydrogens (tertiary/aromatic N) is 2. The van der Waals surface area contributed by atoms with E-state index in [1.54, 1.807) is 0 Å². The van der Waals surface area contributed by atoms with Gasteiger partial charge in [-0.05, 0) is 42.7 Å². The zero-order chi connectivity index (χ0) is 22.3. The second kappa shape index (κ2) is 12.8. The van der Waals surface area contributed by atoms with E-state index >= 15 is 0 Å². The zero-order valence-corrected chi connectivity index (χ0v) is 22.5. The van der Waals surface area contributed by atoms with E-state index in [1.807, 2.05) is 4.90 Å². The van der Waals surface area contributed by atoms with Gasteiger partial charge in [-0.3, -0.25) is 4.79 Å². The van der Waals surface area contributed by atoms with Gasteiger partial charge < -0.3 is 20.3 Å². The van der Waals surface area contributed by atoms with Gasteiger partial charge in [0.2, 0.25) is 5.91 Å². The number of rotatable bonds is 7. The molecule has 0 aliphatic carbocycles. The van der Waals surface area contributed by atoms with E-state index in [9.17, 15) is 4.79 Å². The predicted octanol–water partition coefficient (Wildman–Crippen LogP) is 4.32. The minimum atomic E-state index is 0. The molecule has 2 aliphatic rings. The molecule has 180 valence electrons. The van der Waals surface area contributed by atoms with E-state index in [-0.39, 0.29) is 41.4 Å². The van der Waals surface area contributed by atoms with Crippen LogP contribution in [0.25, 0.3) is 0 Å². The molecule has 2 aliphatic heterocycles. The SMILES string of the molecule is CCNC(=NCc1ccc(CN2CCCC2=O)cc1)NCC1CCCOC1C(C)(C)C.I. The monoisotopic (exact) mass is 556 g/mol. The van der Waals surface area contributed by atoms with Gasteiger partial charge in [0.25, 0.3) is 0 Å². The number of benzene rings is 1. The number of nitrogens with one attached hydrogen (secondary N) is 2. The van der Waals surface area contributed by atoms with Gasteiger partial charge >= 0.3 is 0 Å². The summed E-state index contributed by atoms with van der Waals surface area (Å²) in [6, 6.07) is 8.47. The quantitative estimate of drug-likeness (QED) is 0.298. The van der Waals surface area contributed by atoms with Crippen LogP contribution in [0.4, 0.5) is 0 Å². The first-order valence-corrected chi connectivity index (χ1v) is 11.9. The molecule has 2 N–H and O–H groups in total. The molecular formula is C25H41IN4O2. The lowest BCUT2D eigenvalue weighted by Crippen LogP contribution is -2.47. The highest BCUT2D eigenvalue weighted by Crippen LogP contribution is 2.33. The fourth-order valence-corrected chi connectivity index (χ4v) is 4.59. The second-order valence-corrected chi connectivity index (χ2v) is 9.87. The first-order valence-electron chi connectivity index (χ1n) is 11.9. The summed E-state index contributed by atoms with van der Waals surface area (Å²) in [6.45, 7) is 13.7. The van der Waals surface area contributed by atoms with Gasteiger partial charge in [0.15, 0.2) is 5.96 Å². The van der Waals surface area contributed by atoms with Crippen LogP contribution in [0.2, 0.25) is 0 Å². The Labute approximate surface area is 211 Å². The molecule has 1 aromatic rings. The van der Waals surface area contributed by atoms with Crippen LogP contribution in [-0.4, -0.2) is 49.1 Å². The van der Waals surface area contributed by atoms with Crippen molar-refractivity contribution in [3.05, 3.63) is 35.4 Å². The fourth-order valence-electron chi connectivity index (χ4n) is 4.59. The standard InChI is InChI=1S/C25H40N4O2.HI/c1-5-26-24(28-17-21-8-7-15-31-23(21)25(2,3)4)27-16-19-10-12-20(13-11-19)18-29-14-6-9-22(29)30;/h10-13,21,23H,5-9,14-18H2,1-4H3,(H2,26,27,28);1H. The first kappa shape index (κ1) is 26.9. The maximum Gasteiger partial charge on any atom is 0.222 e. The van der Waals surface area contributed by atoms with Gasteiger partial charge in [0.1, 0.15) is 0 Å². The van der Waals surface area contributed by atoms with Crippen LogP contribution in [0.1, 0.15) is 64.5 Å². The van der Waals surface area contributed by atoms with E-state index in [0.717, 1.165) is 45.0 Å². The minimum Gasteiger partial charge on any atom is -0.377 e. The van der Waals surface area contributed by atoms with Crippen LogP contribution in [0.3, 0.4) is 0 Å². The van der Waals surface area contributed by atoms with Gasteiger partial charge in [-0.25, -0.2) is 4.99 Å². The van der Waals surface area contributed by atoms with Crippen molar-refractivity contribution in [1.82, 2.24) is 15.5 Å². The number of ether oxygens (including phenoxy) is 1. The Morgan fingerprint density at radius 2 is 1.88 bits per heavy atom. The Morgan fingerprint density at radius 3 is 2.50 bits per heavy atom. The lowest BCUT2D eigenvalue weighted by molar-refractivity contribution is -0.128. The summed E-state index contributed by atoms with van der Waals surface area (Å²) in [5.41, 5.74) is 2.49. The Kier molecular flexibility index (Phi) is 10.7. The van der Waals surface area contributed by atoms with Gasteiger partial charge in [-0.2, -0.15) is 0 Å². The molecule has 3 rings (SSSR count). The van der Waals surface area contributed by atoms with Gasteiger partial charge in [0, 0.05) is 45.1 Å². The lowest BCUT2D eigenvalue weighted by Gasteiger charge is -2.40. The van der Waals surface area contributed by atoms with Crippen LogP contribution >= 0.6 is 24.0 Å². The summed E-state index contributed by atoms with van der Waals surface area (Å²) in [7, 11) is 0. The maximum atomic E-state index is 11.8. The first-order chi connectivity index (χ1) is 14.9. The highest BCUT2D eigenvalue weighted by atomic mass is 127. The summed E-state index contributed by atoms with van der Waals surface area (Å²) in [5.74, 6) is 1.62. The number of hydrogen-bond donors (Lipinski definition) is 2. The fraction of sp³-hybridized carbons (Fsp3) is 0.680. The summed E-state index contributed by atoms with van der Waals surface area (Å²) >= 11 is 0. The van der Waals surface area contributed by atoms with Crippen molar-refractivity contribution < 1.29 is 9.53 Å². The van der Waals surface area contributed by atoms with Crippen molar-refractivity contribution in [3.63, 3.8) is 0 Å². The predicted molar refractivity (Wildman–Crippen MR) is 141 cm³/mol. The number of carbonyl (C=O) groups is 1. The van der Waals surface area contributed by atoms with Crippen molar-refractivity contribution in [2.24, 2.45) is 16.3 Å². The highest BCUT2D eigenvalue weighted by Gasteiger charge is 2.35. The molecule has 2 fully saturated rings. The molecule has 0 saturated carbocycles. The average molecular weight is 557 g/mol. The Morgan fingerprint density at radius 1 is 1.16 bits per heavy atom. The number of likely N-dealkylation sites (tertiary alicyclic amines) is 1. The van der Waals surface area contributed by atoms with Crippen molar-refractivity contribution in [2.45, 2.75) is 72.6 Å². The Hall–Kier alpha value is -1.35. The number of aliphatic imine (C=N–C) groups is 1. The minimum absolute atomic E-state index is 0. The normalized spacial score (nSPS) is 21.9. The molecule has 1 aromatic carbocycles. The molecule has 0 aromatic heterocycles. The van der Waals surface area contributed by atoms with Crippen molar-refractivity contribution >= 4 is 35.8 Å². The molecule has 32 heavy (non-hydrogen) atoms. The van der Waals surface area contributed by atoms with Gasteiger partial charge in [-0.1, -0.05) is 45.0 Å². The zero-order valence-electron chi connectivity index (χ0n) is 20.2. The highest BCUT2D eigenvalue weighted by molar-refractivity contribution is 14.0. The molecule has 6 nitrogen and oxygen atoms in total. The van der Waals surface area contributed by atoms with E-state index in [2.05, 4.69) is 62.6 Å². The Bertz CT molecular complexity index is 745. The molecule has 2 unspecified atom stereocenters. The molecule has 1 amide bonds. The van der Waals surface area contributed by atoms with E-state index < -0.39 is 0 Å². The van der Waals surface area contributed by atoms with E-state index in [1.165, 1.54) is 17.5 Å². The molecular weight excluding hydrogens is 515 g/mol. The largest absolute Gasteiger partial charge is 0.377 e. The van der Waals surface area contributed by atoms with Crippen molar-refractivity contribution in [3.8, 4) is 0 Å². The third-order valence-electron chi connectivity index (χ3n) is 6.16. The third-order valence-corrected chi connectivity index (χ3v) is 6.16. The van der Waals surface area contributed by atoms with Crippen LogP contribution in [0.15, 0.2) is 29.3 Å². The summed E-state index contributed by atoms with van der Waals surface area (Å²) in [5, 5.41) is 6.91. The smallest absolute Gasteiger partial charge is 0.222 e. The molecule has 7 heteroatoms. The second-order valence-electron chi connectivity index (χ2n) is 9.87. The molecule has 0 radical (unpaired) electrons. The average Bonchev–Trinajstić information content (AvgIpc) is 3.15. The number of carbonyl (C=O) groups excluding carboxylic acids is 1. The van der Waals surface area contributed by atoms with Crippen LogP contribution in [-0.2, 0) is 22.6 Å². The summed E-state index contributed by atoms with van der Waals surface area (Å²) < 4.78 is 6.12. The summed E-state index contributed by atoms with van der Waals surface area (Å²) in [6.07, 6.45) is 4.26. The topological polar surface area (TPSA) is 66.0 Å². The lowest BCUT2D eigenvalue weighted by atomic mass is 9.78. The number of hydrogen-bond acceptors (Lipinski definition) is 3. The van der Waals surface area contributed by atoms with Crippen LogP contribution in [0.5, 0.6) is 0 Å². The number of halogens is 1. The summed E-state index contributed by atoms with van der Waals surface area (Å²) in [4.78, 5) is 18.6. The van der Waals surface area contributed by atoms with Crippen molar-refractivity contribution in [2.75, 3.05) is 26.2 Å². The molecule has 2 atom stereocenters. The molecule has 0 spiro atoms. The van der Waals surface area contributed by atoms with E-state index in [0.29, 0.717) is 25.4 Å². The third kappa shape index (κ3) is 7.90. The van der Waals surface area contributed by atoms with Crippen LogP contribution in [0, 0.1) is 11.3 Å². The maximum absolute atomic E-state index is 11.8.